The maximum Gasteiger partial charge on any atom is 0.338 e. The summed E-state index contributed by atoms with van der Waals surface area (Å²) in [6, 6.07) is 4.02. The van der Waals surface area contributed by atoms with E-state index in [0.29, 0.717) is 17.7 Å². The molecule has 1 aromatic rings. The first-order valence-corrected chi connectivity index (χ1v) is 8.28. The first-order valence-electron chi connectivity index (χ1n) is 5.94. The molecular formula is C12H14BrNO5S. The average Bonchev–Trinajstić information content (AvgIpc) is 2.87. The van der Waals surface area contributed by atoms with Gasteiger partial charge in [-0.3, -0.25) is 0 Å². The molecular weight excluding hydrogens is 350 g/mol. The number of rotatable bonds is 4. The molecule has 0 radical (unpaired) electrons. The highest BCUT2D eigenvalue weighted by Crippen LogP contribution is 2.20. The Balaban J connectivity index is 2.11. The number of halogens is 1. The zero-order valence-electron chi connectivity index (χ0n) is 10.5. The van der Waals surface area contributed by atoms with Crippen molar-refractivity contribution in [3.8, 4) is 0 Å². The molecule has 6 nitrogen and oxygen atoms in total. The smallest absolute Gasteiger partial charge is 0.338 e. The van der Waals surface area contributed by atoms with Crippen molar-refractivity contribution in [2.45, 2.75) is 11.3 Å². The van der Waals surface area contributed by atoms with Crippen molar-refractivity contribution in [1.82, 2.24) is 0 Å². The van der Waals surface area contributed by atoms with Gasteiger partial charge in [-0.05, 0) is 24.6 Å². The number of primary sulfonamides is 1. The van der Waals surface area contributed by atoms with E-state index in [2.05, 4.69) is 15.9 Å². The maximum atomic E-state index is 11.9. The van der Waals surface area contributed by atoms with Crippen LogP contribution >= 0.6 is 15.9 Å². The molecule has 0 bridgehead atoms. The molecule has 1 aliphatic rings. The van der Waals surface area contributed by atoms with Crippen molar-refractivity contribution in [3.05, 3.63) is 28.2 Å². The number of ether oxygens (including phenoxy) is 2. The fourth-order valence-corrected chi connectivity index (χ4v) is 3.06. The Bertz CT molecular complexity index is 610. The van der Waals surface area contributed by atoms with Gasteiger partial charge in [0.05, 0.1) is 23.7 Å². The third kappa shape index (κ3) is 4.02. The summed E-state index contributed by atoms with van der Waals surface area (Å²) < 4.78 is 33.4. The second kappa shape index (κ2) is 6.21. The quantitative estimate of drug-likeness (QED) is 0.813. The van der Waals surface area contributed by atoms with Gasteiger partial charge in [-0.2, -0.15) is 0 Å². The predicted molar refractivity (Wildman–Crippen MR) is 74.7 cm³/mol. The van der Waals surface area contributed by atoms with Crippen molar-refractivity contribution in [3.63, 3.8) is 0 Å². The highest BCUT2D eigenvalue weighted by atomic mass is 79.9. The standard InChI is InChI=1S/C12H14BrNO5S/c13-10-3-9(4-11(5-10)20(14,16)17)12(15)19-7-8-1-2-18-6-8/h3-5,8H,1-2,6-7H2,(H2,14,16,17). The first-order chi connectivity index (χ1) is 9.36. The number of carbonyl (C=O) groups excluding carboxylic acids is 1. The topological polar surface area (TPSA) is 95.7 Å². The second-order valence-electron chi connectivity index (χ2n) is 4.55. The van der Waals surface area contributed by atoms with Crippen LogP contribution in [0.25, 0.3) is 0 Å². The zero-order valence-corrected chi connectivity index (χ0v) is 12.9. The van der Waals surface area contributed by atoms with Gasteiger partial charge in [0.2, 0.25) is 10.0 Å². The molecule has 110 valence electrons. The monoisotopic (exact) mass is 363 g/mol. The van der Waals surface area contributed by atoms with Gasteiger partial charge in [-0.25, -0.2) is 18.4 Å². The lowest BCUT2D eigenvalue weighted by Gasteiger charge is -2.10. The summed E-state index contributed by atoms with van der Waals surface area (Å²) in [5.41, 5.74) is 0.141. The number of nitrogens with two attached hydrogens (primary N) is 1. The Hall–Kier alpha value is -0.960. The van der Waals surface area contributed by atoms with Crippen LogP contribution in [0.15, 0.2) is 27.6 Å². The minimum Gasteiger partial charge on any atom is -0.462 e. The van der Waals surface area contributed by atoms with Gasteiger partial charge in [0.25, 0.3) is 0 Å². The SMILES string of the molecule is NS(=O)(=O)c1cc(Br)cc(C(=O)OCC2CCOC2)c1. The number of sulfonamides is 1. The van der Waals surface area contributed by atoms with E-state index in [4.69, 9.17) is 14.6 Å². The van der Waals surface area contributed by atoms with E-state index in [9.17, 15) is 13.2 Å². The molecule has 0 aromatic heterocycles. The molecule has 20 heavy (non-hydrogen) atoms. The Kier molecular flexibility index (Phi) is 4.79. The molecule has 1 atom stereocenters. The molecule has 1 aromatic carbocycles. The summed E-state index contributed by atoms with van der Waals surface area (Å²) in [6.45, 7) is 1.51. The number of carbonyl (C=O) groups is 1. The Morgan fingerprint density at radius 3 is 2.80 bits per heavy atom. The molecule has 1 fully saturated rings. The van der Waals surface area contributed by atoms with Crippen molar-refractivity contribution in [2.75, 3.05) is 19.8 Å². The first kappa shape index (κ1) is 15.4. The van der Waals surface area contributed by atoms with E-state index in [1.165, 1.54) is 18.2 Å². The van der Waals surface area contributed by atoms with Crippen LogP contribution in [-0.4, -0.2) is 34.2 Å². The van der Waals surface area contributed by atoms with Crippen molar-refractivity contribution >= 4 is 31.9 Å². The van der Waals surface area contributed by atoms with Gasteiger partial charge in [-0.1, -0.05) is 15.9 Å². The number of hydrogen-bond donors (Lipinski definition) is 1. The van der Waals surface area contributed by atoms with Crippen LogP contribution in [0.1, 0.15) is 16.8 Å². The molecule has 1 unspecified atom stereocenters. The van der Waals surface area contributed by atoms with Crippen LogP contribution in [0.4, 0.5) is 0 Å². The van der Waals surface area contributed by atoms with Gasteiger partial charge < -0.3 is 9.47 Å². The third-order valence-electron chi connectivity index (χ3n) is 2.91. The Morgan fingerprint density at radius 1 is 1.45 bits per heavy atom. The van der Waals surface area contributed by atoms with Gasteiger partial charge >= 0.3 is 5.97 Å². The van der Waals surface area contributed by atoms with E-state index < -0.39 is 16.0 Å². The predicted octanol–water partition coefficient (Wildman–Crippen LogP) is 1.29. The Labute approximate surface area is 125 Å². The van der Waals surface area contributed by atoms with Gasteiger partial charge in [0.1, 0.15) is 0 Å². The van der Waals surface area contributed by atoms with Crippen molar-refractivity contribution in [2.24, 2.45) is 11.1 Å². The number of esters is 1. The van der Waals surface area contributed by atoms with E-state index in [-0.39, 0.29) is 23.0 Å². The lowest BCUT2D eigenvalue weighted by atomic mass is 10.1. The van der Waals surface area contributed by atoms with E-state index in [0.717, 1.165) is 6.42 Å². The summed E-state index contributed by atoms with van der Waals surface area (Å²) in [6.07, 6.45) is 0.855. The molecule has 0 aliphatic carbocycles. The summed E-state index contributed by atoms with van der Waals surface area (Å²) >= 11 is 3.14. The van der Waals surface area contributed by atoms with Crippen LogP contribution in [0.5, 0.6) is 0 Å². The second-order valence-corrected chi connectivity index (χ2v) is 7.03. The Morgan fingerprint density at radius 2 is 2.20 bits per heavy atom. The molecule has 2 rings (SSSR count). The third-order valence-corrected chi connectivity index (χ3v) is 4.26. The molecule has 1 heterocycles. The summed E-state index contributed by atoms with van der Waals surface area (Å²) in [4.78, 5) is 11.8. The van der Waals surface area contributed by atoms with Gasteiger partial charge in [-0.15, -0.1) is 0 Å². The normalized spacial score (nSPS) is 19.0. The molecule has 1 saturated heterocycles. The minimum absolute atomic E-state index is 0.136. The van der Waals surface area contributed by atoms with Crippen LogP contribution in [0, 0.1) is 5.92 Å². The number of hydrogen-bond acceptors (Lipinski definition) is 5. The van der Waals surface area contributed by atoms with Crippen LogP contribution in [0.2, 0.25) is 0 Å². The van der Waals surface area contributed by atoms with Crippen LogP contribution in [-0.2, 0) is 19.5 Å². The molecule has 8 heteroatoms. The molecule has 0 spiro atoms. The van der Waals surface area contributed by atoms with E-state index >= 15 is 0 Å². The summed E-state index contributed by atoms with van der Waals surface area (Å²) in [5.74, 6) is -0.382. The fraction of sp³-hybridized carbons (Fsp3) is 0.417. The van der Waals surface area contributed by atoms with E-state index in [1.54, 1.807) is 0 Å². The van der Waals surface area contributed by atoms with Gasteiger partial charge in [0.15, 0.2) is 0 Å². The molecule has 2 N–H and O–H groups in total. The molecule has 1 aliphatic heterocycles. The highest BCUT2D eigenvalue weighted by molar-refractivity contribution is 9.10. The van der Waals surface area contributed by atoms with Gasteiger partial charge in [0, 0.05) is 17.0 Å². The van der Waals surface area contributed by atoms with Crippen molar-refractivity contribution in [1.29, 1.82) is 0 Å². The minimum atomic E-state index is -3.87. The average molecular weight is 364 g/mol. The van der Waals surface area contributed by atoms with Crippen LogP contribution in [0.3, 0.4) is 0 Å². The lowest BCUT2D eigenvalue weighted by Crippen LogP contribution is -2.16. The van der Waals surface area contributed by atoms with Crippen LogP contribution < -0.4 is 5.14 Å². The summed E-state index contributed by atoms with van der Waals surface area (Å²) in [7, 11) is -3.87. The zero-order chi connectivity index (χ0) is 14.8. The van der Waals surface area contributed by atoms with Crippen molar-refractivity contribution < 1.29 is 22.7 Å². The fourth-order valence-electron chi connectivity index (χ4n) is 1.84. The summed E-state index contributed by atoms with van der Waals surface area (Å²) in [5, 5.41) is 5.05. The lowest BCUT2D eigenvalue weighted by molar-refractivity contribution is 0.0428. The highest BCUT2D eigenvalue weighted by Gasteiger charge is 2.19. The molecule has 0 saturated carbocycles. The largest absolute Gasteiger partial charge is 0.462 e. The van der Waals surface area contributed by atoms with E-state index in [1.807, 2.05) is 0 Å². The molecule has 0 amide bonds. The maximum absolute atomic E-state index is 11.9. The number of benzene rings is 1.